The molecule has 0 bridgehead atoms. The molecule has 152 valence electrons. The Kier molecular flexibility index (Phi) is 9.12. The summed E-state index contributed by atoms with van der Waals surface area (Å²) in [6.07, 6.45) is 3.34. The van der Waals surface area contributed by atoms with Crippen molar-refractivity contribution in [3.63, 3.8) is 0 Å². The third-order valence-electron chi connectivity index (χ3n) is 4.32. The van der Waals surface area contributed by atoms with Gasteiger partial charge in [-0.05, 0) is 71.5 Å². The molecule has 3 nitrogen and oxygen atoms in total. The molecule has 0 radical (unpaired) electrons. The van der Waals surface area contributed by atoms with Crippen LogP contribution in [0.4, 0.5) is 0 Å². The van der Waals surface area contributed by atoms with Crippen molar-refractivity contribution in [3.8, 4) is 0 Å². The second kappa shape index (κ2) is 9.00. The first-order valence-corrected chi connectivity index (χ1v) is 15.7. The van der Waals surface area contributed by atoms with Gasteiger partial charge in [0.05, 0.1) is 0 Å². The molecule has 0 aromatic carbocycles. The molecule has 0 saturated heterocycles. The minimum Gasteiger partial charge on any atom is -0.410 e. The van der Waals surface area contributed by atoms with Gasteiger partial charge in [-0.1, -0.05) is 47.5 Å². The summed E-state index contributed by atoms with van der Waals surface area (Å²) in [6, 6.07) is 3.22. The highest BCUT2D eigenvalue weighted by atomic mass is 29.3. The van der Waals surface area contributed by atoms with E-state index in [1.54, 1.807) is 0 Å². The Labute approximate surface area is 160 Å². The Morgan fingerprint density at radius 3 is 1.44 bits per heavy atom. The van der Waals surface area contributed by atoms with Crippen molar-refractivity contribution in [2.24, 2.45) is 10.8 Å². The topological polar surface area (TPSA) is 44.5 Å². The van der Waals surface area contributed by atoms with Gasteiger partial charge in [0.25, 0.3) is 8.00 Å². The van der Waals surface area contributed by atoms with E-state index < -0.39 is 15.8 Å². The van der Waals surface area contributed by atoms with Crippen LogP contribution in [0.1, 0.15) is 95.4 Å². The summed E-state index contributed by atoms with van der Waals surface area (Å²) >= 11 is 0. The van der Waals surface area contributed by atoms with E-state index in [1.807, 2.05) is 0 Å². The largest absolute Gasteiger partial charge is 0.410 e. The maximum Gasteiger partial charge on any atom is 0.281 e. The molecule has 0 heterocycles. The molecule has 2 atom stereocenters. The first-order valence-electron chi connectivity index (χ1n) is 10.2. The van der Waals surface area contributed by atoms with Gasteiger partial charge in [-0.15, -0.1) is 0 Å². The van der Waals surface area contributed by atoms with Gasteiger partial charge >= 0.3 is 0 Å². The van der Waals surface area contributed by atoms with Crippen molar-refractivity contribution in [3.05, 3.63) is 0 Å². The molecule has 0 rings (SSSR count). The van der Waals surface area contributed by atoms with E-state index in [0.717, 1.165) is 37.4 Å². The van der Waals surface area contributed by atoms with Gasteiger partial charge in [0.1, 0.15) is 0 Å². The van der Waals surface area contributed by atoms with E-state index >= 15 is 0 Å². The Morgan fingerprint density at radius 2 is 1.12 bits per heavy atom. The summed E-state index contributed by atoms with van der Waals surface area (Å²) in [6.45, 7) is 24.4. The fourth-order valence-corrected chi connectivity index (χ4v) is 19.5. The second-order valence-electron chi connectivity index (χ2n) is 10.9. The standard InChI is InChI=1S/C20H47NO2Si2/c1-12-15-24(22-19(6,7)8,17-14-18(3,4)5)25(21,16-13-2)23-20(9,10)11/h12-17,21H2,1-11H3. The van der Waals surface area contributed by atoms with Crippen molar-refractivity contribution in [1.82, 2.24) is 0 Å². The van der Waals surface area contributed by atoms with Gasteiger partial charge in [-0.25, -0.2) is 0 Å². The molecule has 5 heteroatoms. The number of nitrogens with two attached hydrogens (primary N) is 1. The fourth-order valence-electron chi connectivity index (χ4n) is 3.59. The lowest BCUT2D eigenvalue weighted by atomic mass is 9.94. The molecule has 0 fully saturated rings. The zero-order chi connectivity index (χ0) is 20.2. The zero-order valence-corrected chi connectivity index (χ0v) is 21.1. The van der Waals surface area contributed by atoms with Gasteiger partial charge in [0.2, 0.25) is 7.83 Å². The van der Waals surface area contributed by atoms with Crippen LogP contribution in [0.5, 0.6) is 0 Å². The van der Waals surface area contributed by atoms with Crippen LogP contribution in [-0.2, 0) is 8.85 Å². The van der Waals surface area contributed by atoms with Crippen LogP contribution in [0.3, 0.4) is 0 Å². The SMILES string of the molecule is CCC[Si](N)(OC(C)(C)C)[Si](CCC)(CCC(C)(C)C)OC(C)(C)C. The average Bonchev–Trinajstić information content (AvgIpc) is 2.31. The predicted molar refractivity (Wildman–Crippen MR) is 116 cm³/mol. The smallest absolute Gasteiger partial charge is 0.281 e. The normalized spacial score (nSPS) is 18.7. The van der Waals surface area contributed by atoms with Crippen molar-refractivity contribution in [2.45, 2.75) is 125 Å². The molecule has 0 saturated carbocycles. The van der Waals surface area contributed by atoms with E-state index in [0.29, 0.717) is 0 Å². The van der Waals surface area contributed by atoms with Gasteiger partial charge in [-0.2, -0.15) is 0 Å². The summed E-state index contributed by atoms with van der Waals surface area (Å²) in [4.78, 5) is 0. The summed E-state index contributed by atoms with van der Waals surface area (Å²) in [5, 5.41) is 7.25. The van der Waals surface area contributed by atoms with Crippen LogP contribution in [0.25, 0.3) is 0 Å². The van der Waals surface area contributed by atoms with Crippen LogP contribution in [0.2, 0.25) is 18.1 Å². The molecular formula is C20H47NO2Si2. The Hall–Kier alpha value is 0.314. The van der Waals surface area contributed by atoms with Gasteiger partial charge < -0.3 is 14.3 Å². The lowest BCUT2D eigenvalue weighted by Gasteiger charge is -2.50. The zero-order valence-electron chi connectivity index (χ0n) is 19.1. The molecule has 0 aromatic heterocycles. The van der Waals surface area contributed by atoms with Gasteiger partial charge in [-0.3, -0.25) is 0 Å². The summed E-state index contributed by atoms with van der Waals surface area (Å²) in [5.74, 6) is 0. The number of hydrogen-bond donors (Lipinski definition) is 1. The van der Waals surface area contributed by atoms with E-state index in [1.165, 1.54) is 0 Å². The summed E-state index contributed by atoms with van der Waals surface area (Å²) in [7, 11) is -4.71. The maximum absolute atomic E-state index is 7.25. The minimum atomic E-state index is -2.48. The molecular weight excluding hydrogens is 342 g/mol. The van der Waals surface area contributed by atoms with Crippen molar-refractivity contribution in [2.75, 3.05) is 0 Å². The van der Waals surface area contributed by atoms with Gasteiger partial charge in [0.15, 0.2) is 0 Å². The van der Waals surface area contributed by atoms with Crippen LogP contribution in [-0.4, -0.2) is 27.0 Å². The third-order valence-corrected chi connectivity index (χ3v) is 18.9. The highest BCUT2D eigenvalue weighted by Crippen LogP contribution is 2.40. The summed E-state index contributed by atoms with van der Waals surface area (Å²) in [5.41, 5.74) is -0.104. The monoisotopic (exact) mass is 389 g/mol. The molecule has 2 unspecified atom stereocenters. The number of hydrogen-bond acceptors (Lipinski definition) is 3. The predicted octanol–water partition coefficient (Wildman–Crippen LogP) is 6.30. The van der Waals surface area contributed by atoms with Gasteiger partial charge in [0, 0.05) is 11.2 Å². The van der Waals surface area contributed by atoms with E-state index in [9.17, 15) is 0 Å². The van der Waals surface area contributed by atoms with E-state index in [4.69, 9.17) is 14.3 Å². The fraction of sp³-hybridized carbons (Fsp3) is 1.00. The van der Waals surface area contributed by atoms with Crippen LogP contribution >= 0.6 is 0 Å². The summed E-state index contributed by atoms with van der Waals surface area (Å²) < 4.78 is 13.7. The molecule has 25 heavy (non-hydrogen) atoms. The first kappa shape index (κ1) is 25.3. The van der Waals surface area contributed by atoms with Crippen LogP contribution in [0.15, 0.2) is 0 Å². The lowest BCUT2D eigenvalue weighted by molar-refractivity contribution is 0.0957. The van der Waals surface area contributed by atoms with E-state index in [-0.39, 0.29) is 16.6 Å². The van der Waals surface area contributed by atoms with E-state index in [2.05, 4.69) is 76.2 Å². The second-order valence-corrected chi connectivity index (χ2v) is 21.8. The van der Waals surface area contributed by atoms with Crippen LogP contribution in [0, 0.1) is 5.41 Å². The highest BCUT2D eigenvalue weighted by molar-refractivity contribution is 7.36. The molecule has 0 amide bonds. The molecule has 0 aromatic rings. The Morgan fingerprint density at radius 1 is 0.680 bits per heavy atom. The lowest BCUT2D eigenvalue weighted by Crippen LogP contribution is -2.75. The van der Waals surface area contributed by atoms with Crippen LogP contribution < -0.4 is 5.40 Å². The number of rotatable bonds is 9. The molecule has 0 aliphatic carbocycles. The van der Waals surface area contributed by atoms with Crippen molar-refractivity contribution >= 4 is 15.8 Å². The highest BCUT2D eigenvalue weighted by Gasteiger charge is 2.59. The Balaban J connectivity index is 6.12. The molecule has 0 aliphatic rings. The first-order chi connectivity index (χ1) is 11.0. The average molecular weight is 390 g/mol. The van der Waals surface area contributed by atoms with Crippen molar-refractivity contribution < 1.29 is 8.85 Å². The quantitative estimate of drug-likeness (QED) is 0.471. The molecule has 0 aliphatic heterocycles. The van der Waals surface area contributed by atoms with Crippen molar-refractivity contribution in [1.29, 1.82) is 0 Å². The minimum absolute atomic E-state index is 0.175. The molecule has 0 spiro atoms. The Bertz CT molecular complexity index is 396. The molecule has 2 N–H and O–H groups in total. The maximum atomic E-state index is 7.25. The third kappa shape index (κ3) is 9.18.